The number of fused-ring (bicyclic) bond motifs is 1. The Labute approximate surface area is 126 Å². The van der Waals surface area contributed by atoms with Gasteiger partial charge in [0.2, 0.25) is 0 Å². The topological polar surface area (TPSA) is 61.0 Å². The zero-order valence-electron chi connectivity index (χ0n) is 11.7. The molecule has 0 atom stereocenters. The summed E-state index contributed by atoms with van der Waals surface area (Å²) in [6, 6.07) is 17.7. The summed E-state index contributed by atoms with van der Waals surface area (Å²) in [7, 11) is 0. The molecule has 1 aliphatic rings. The molecule has 3 aromatic rings. The van der Waals surface area contributed by atoms with E-state index in [-0.39, 0.29) is 5.56 Å². The number of hydrogen-bond acceptors (Lipinski definition) is 2. The van der Waals surface area contributed by atoms with E-state index < -0.39 is 0 Å². The molecular formula is C18H13N3O. The van der Waals surface area contributed by atoms with Crippen molar-refractivity contribution in [3.05, 3.63) is 76.1 Å². The number of para-hydroxylation sites is 1. The molecule has 4 rings (SSSR count). The summed E-state index contributed by atoms with van der Waals surface area (Å²) in [5.41, 5.74) is 5.15. The number of aromatic nitrogens is 2. The third-order valence-electron chi connectivity index (χ3n) is 3.74. The number of hydrogen-bond donors (Lipinski definition) is 2. The van der Waals surface area contributed by atoms with Crippen molar-refractivity contribution < 1.29 is 0 Å². The molecule has 1 aliphatic heterocycles. The summed E-state index contributed by atoms with van der Waals surface area (Å²) in [5, 5.41) is 5.63. The molecule has 22 heavy (non-hydrogen) atoms. The molecule has 106 valence electrons. The van der Waals surface area contributed by atoms with Crippen molar-refractivity contribution >= 4 is 23.6 Å². The number of benzene rings is 2. The molecule has 4 nitrogen and oxygen atoms in total. The number of nitrogens with zero attached hydrogens (tertiary/aromatic N) is 1. The van der Waals surface area contributed by atoms with Crippen LogP contribution in [0.3, 0.4) is 0 Å². The summed E-state index contributed by atoms with van der Waals surface area (Å²) < 4.78 is 0. The van der Waals surface area contributed by atoms with Crippen molar-refractivity contribution in [2.24, 2.45) is 4.99 Å². The van der Waals surface area contributed by atoms with Crippen molar-refractivity contribution in [3.8, 4) is 11.3 Å². The molecule has 0 saturated carbocycles. The van der Waals surface area contributed by atoms with Crippen molar-refractivity contribution in [1.29, 1.82) is 0 Å². The normalized spacial score (nSPS) is 14.5. The second-order valence-corrected chi connectivity index (χ2v) is 5.11. The highest BCUT2D eigenvalue weighted by Crippen LogP contribution is 2.32. The van der Waals surface area contributed by atoms with E-state index in [1.165, 1.54) is 0 Å². The first-order chi connectivity index (χ1) is 10.8. The monoisotopic (exact) mass is 287 g/mol. The Morgan fingerprint density at radius 1 is 0.909 bits per heavy atom. The van der Waals surface area contributed by atoms with Gasteiger partial charge in [0.25, 0.3) is 5.56 Å². The molecule has 2 N–H and O–H groups in total. The summed E-state index contributed by atoms with van der Waals surface area (Å²) >= 11 is 0. The minimum Gasteiger partial charge on any atom is -0.297 e. The molecule has 4 heteroatoms. The van der Waals surface area contributed by atoms with Crippen LogP contribution in [0.5, 0.6) is 0 Å². The minimum absolute atomic E-state index is 0.135. The van der Waals surface area contributed by atoms with Crippen LogP contribution in [0.2, 0.25) is 0 Å². The molecule has 0 fully saturated rings. The summed E-state index contributed by atoms with van der Waals surface area (Å²) in [4.78, 5) is 16.5. The highest BCUT2D eigenvalue weighted by molar-refractivity contribution is 6.21. The number of allylic oxidation sites excluding steroid dienone is 1. The van der Waals surface area contributed by atoms with E-state index in [0.717, 1.165) is 28.1 Å². The largest absolute Gasteiger partial charge is 0.297 e. The van der Waals surface area contributed by atoms with Crippen molar-refractivity contribution in [1.82, 2.24) is 10.2 Å². The highest BCUT2D eigenvalue weighted by atomic mass is 16.1. The van der Waals surface area contributed by atoms with Crippen LogP contribution in [0, 0.1) is 0 Å². The van der Waals surface area contributed by atoms with Crippen LogP contribution in [-0.2, 0) is 0 Å². The lowest BCUT2D eigenvalue weighted by atomic mass is 10.0. The fourth-order valence-electron chi connectivity index (χ4n) is 2.65. The fourth-order valence-corrected chi connectivity index (χ4v) is 2.65. The first-order valence-corrected chi connectivity index (χ1v) is 7.04. The Kier molecular flexibility index (Phi) is 2.86. The molecule has 0 bridgehead atoms. The van der Waals surface area contributed by atoms with E-state index in [1.54, 1.807) is 6.21 Å². The highest BCUT2D eigenvalue weighted by Gasteiger charge is 2.15. The number of nitrogens with one attached hydrogen (secondary N) is 2. The predicted octanol–water partition coefficient (Wildman–Crippen LogP) is 3.63. The molecule has 2 heterocycles. The van der Waals surface area contributed by atoms with E-state index in [9.17, 15) is 4.79 Å². The lowest BCUT2D eigenvalue weighted by molar-refractivity contribution is 1.06. The van der Waals surface area contributed by atoms with Crippen molar-refractivity contribution in [2.75, 3.05) is 0 Å². The van der Waals surface area contributed by atoms with Crippen LogP contribution < -0.4 is 5.56 Å². The Morgan fingerprint density at radius 2 is 1.68 bits per heavy atom. The van der Waals surface area contributed by atoms with Crippen LogP contribution >= 0.6 is 0 Å². The standard InChI is InChI=1S/C18H13N3O/c22-18-15(17(20-21-18)12-6-2-1-3-7-12)10-13-11-19-16-9-5-4-8-14(13)16/h1-11H,(H2,20,21,22)/b13-10+. The van der Waals surface area contributed by atoms with Gasteiger partial charge in [-0.3, -0.25) is 20.0 Å². The number of aromatic amines is 2. The molecule has 0 amide bonds. The van der Waals surface area contributed by atoms with Gasteiger partial charge < -0.3 is 0 Å². The van der Waals surface area contributed by atoms with Crippen LogP contribution in [0.15, 0.2) is 64.4 Å². The average Bonchev–Trinajstić information content (AvgIpc) is 3.14. The molecule has 2 aromatic carbocycles. The van der Waals surface area contributed by atoms with Crippen LogP contribution in [-0.4, -0.2) is 16.4 Å². The molecule has 0 aliphatic carbocycles. The number of H-pyrrole nitrogens is 2. The van der Waals surface area contributed by atoms with Crippen LogP contribution in [0.1, 0.15) is 11.1 Å². The quantitative estimate of drug-likeness (QED) is 0.743. The first kappa shape index (κ1) is 12.6. The average molecular weight is 287 g/mol. The van der Waals surface area contributed by atoms with Crippen molar-refractivity contribution in [3.63, 3.8) is 0 Å². The Balaban J connectivity index is 1.86. The Bertz CT molecular complexity index is 946. The van der Waals surface area contributed by atoms with Gasteiger partial charge in [0, 0.05) is 22.9 Å². The van der Waals surface area contributed by atoms with Crippen molar-refractivity contribution in [2.45, 2.75) is 0 Å². The number of aliphatic imine (C=N–C) groups is 1. The second kappa shape index (κ2) is 5.00. The summed E-state index contributed by atoms with van der Waals surface area (Å²) in [5.74, 6) is 0. The van der Waals surface area contributed by atoms with E-state index >= 15 is 0 Å². The predicted molar refractivity (Wildman–Crippen MR) is 89.3 cm³/mol. The molecule has 0 radical (unpaired) electrons. The van der Waals surface area contributed by atoms with Gasteiger partial charge in [-0.2, -0.15) is 0 Å². The first-order valence-electron chi connectivity index (χ1n) is 7.04. The lowest BCUT2D eigenvalue weighted by Crippen LogP contribution is -2.02. The van der Waals surface area contributed by atoms with Gasteiger partial charge in [-0.25, -0.2) is 0 Å². The summed E-state index contributed by atoms with van der Waals surface area (Å²) in [6.07, 6.45) is 3.68. The van der Waals surface area contributed by atoms with Gasteiger partial charge in [0.05, 0.1) is 16.9 Å². The van der Waals surface area contributed by atoms with E-state index in [1.807, 2.05) is 60.7 Å². The zero-order chi connectivity index (χ0) is 14.9. The number of rotatable bonds is 2. The molecular weight excluding hydrogens is 274 g/mol. The molecule has 0 spiro atoms. The fraction of sp³-hybridized carbons (Fsp3) is 0. The van der Waals surface area contributed by atoms with E-state index in [4.69, 9.17) is 0 Å². The van der Waals surface area contributed by atoms with E-state index in [2.05, 4.69) is 15.2 Å². The van der Waals surface area contributed by atoms with Gasteiger partial charge in [-0.15, -0.1) is 0 Å². The van der Waals surface area contributed by atoms with Gasteiger partial charge in [0.1, 0.15) is 0 Å². The second-order valence-electron chi connectivity index (χ2n) is 5.11. The van der Waals surface area contributed by atoms with E-state index in [0.29, 0.717) is 5.56 Å². The summed E-state index contributed by atoms with van der Waals surface area (Å²) in [6.45, 7) is 0. The zero-order valence-corrected chi connectivity index (χ0v) is 11.7. The van der Waals surface area contributed by atoms with Gasteiger partial charge in [0.15, 0.2) is 0 Å². The van der Waals surface area contributed by atoms with Crippen LogP contribution in [0.4, 0.5) is 5.69 Å². The Morgan fingerprint density at radius 3 is 2.55 bits per heavy atom. The maximum Gasteiger partial charge on any atom is 0.271 e. The maximum absolute atomic E-state index is 12.1. The van der Waals surface area contributed by atoms with Gasteiger partial charge in [-0.1, -0.05) is 48.5 Å². The molecule has 1 aromatic heterocycles. The van der Waals surface area contributed by atoms with Crippen LogP contribution in [0.25, 0.3) is 22.9 Å². The maximum atomic E-state index is 12.1. The molecule has 0 unspecified atom stereocenters. The molecule has 0 saturated heterocycles. The third kappa shape index (κ3) is 2.02. The third-order valence-corrected chi connectivity index (χ3v) is 3.74. The van der Waals surface area contributed by atoms with Gasteiger partial charge >= 0.3 is 0 Å². The SMILES string of the molecule is O=c1[nH][nH]c(-c2ccccc2)c1/C=C1\C=Nc2ccccc21. The lowest BCUT2D eigenvalue weighted by Gasteiger charge is -2.01. The smallest absolute Gasteiger partial charge is 0.271 e. The van der Waals surface area contributed by atoms with Gasteiger partial charge in [-0.05, 0) is 12.1 Å². The minimum atomic E-state index is -0.135. The Hall–Kier alpha value is -3.14.